The first-order valence-electron chi connectivity index (χ1n) is 10.3. The fraction of sp³-hybridized carbons (Fsp3) is 0.652. The van der Waals surface area contributed by atoms with Gasteiger partial charge in [0.05, 0.1) is 29.9 Å². The third-order valence-corrected chi connectivity index (χ3v) is 4.62. The Labute approximate surface area is 183 Å². The largest absolute Gasteiger partial charge is 0.496 e. The monoisotopic (exact) mass is 442 g/mol. The number of unbranched alkanes of at least 4 members (excludes halogenated alkanes) is 1. The minimum Gasteiger partial charge on any atom is -0.496 e. The number of ketones is 1. The molecule has 0 heterocycles. The minimum atomic E-state index is -0.876. The SMILES string of the molecule is CCCCOC(=O)C(CC(C)CC(C)(C)C)C(=O)c1c(OC)cccc1OC.O=[PH3]. The van der Waals surface area contributed by atoms with Crippen molar-refractivity contribution in [2.75, 3.05) is 20.8 Å². The topological polar surface area (TPSA) is 78.9 Å². The van der Waals surface area contributed by atoms with Gasteiger partial charge >= 0.3 is 5.97 Å². The van der Waals surface area contributed by atoms with Gasteiger partial charge in [0.25, 0.3) is 0 Å². The van der Waals surface area contributed by atoms with Gasteiger partial charge < -0.3 is 18.8 Å². The maximum Gasteiger partial charge on any atom is 0.316 e. The zero-order valence-electron chi connectivity index (χ0n) is 19.6. The maximum absolute atomic E-state index is 13.4. The molecule has 3 unspecified atom stereocenters. The van der Waals surface area contributed by atoms with E-state index >= 15 is 0 Å². The number of benzene rings is 1. The van der Waals surface area contributed by atoms with Crippen molar-refractivity contribution in [2.45, 2.75) is 60.3 Å². The summed E-state index contributed by atoms with van der Waals surface area (Å²) in [7, 11) is 3.62. The van der Waals surface area contributed by atoms with Gasteiger partial charge in [0.15, 0.2) is 5.78 Å². The number of rotatable bonds is 11. The van der Waals surface area contributed by atoms with Gasteiger partial charge in [-0.25, -0.2) is 0 Å². The molecule has 30 heavy (non-hydrogen) atoms. The lowest BCUT2D eigenvalue weighted by atomic mass is 9.80. The molecule has 0 aliphatic heterocycles. The molecule has 0 fully saturated rings. The molecule has 1 aromatic rings. The van der Waals surface area contributed by atoms with E-state index in [1.165, 1.54) is 14.2 Å². The summed E-state index contributed by atoms with van der Waals surface area (Å²) in [4.78, 5) is 26.2. The number of Topliss-reactive ketones (excluding diaryl/α,β-unsaturated/α-hetero) is 1. The number of hydrogen-bond acceptors (Lipinski definition) is 6. The fourth-order valence-electron chi connectivity index (χ4n) is 3.53. The highest BCUT2D eigenvalue weighted by molar-refractivity contribution is 7.00. The Morgan fingerprint density at radius 3 is 2.03 bits per heavy atom. The molecule has 0 aliphatic rings. The Balaban J connectivity index is 0.00000407. The molecule has 1 aromatic carbocycles. The Kier molecular flexibility index (Phi) is 13.4. The second-order valence-electron chi connectivity index (χ2n) is 8.58. The van der Waals surface area contributed by atoms with Crippen LogP contribution in [0.3, 0.4) is 0 Å². The smallest absolute Gasteiger partial charge is 0.316 e. The van der Waals surface area contributed by atoms with E-state index in [-0.39, 0.29) is 17.1 Å². The molecule has 172 valence electrons. The van der Waals surface area contributed by atoms with Crippen LogP contribution in [0.4, 0.5) is 0 Å². The third-order valence-electron chi connectivity index (χ3n) is 4.62. The van der Waals surface area contributed by atoms with Crippen LogP contribution in [0, 0.1) is 17.3 Å². The van der Waals surface area contributed by atoms with Crippen molar-refractivity contribution in [1.29, 1.82) is 0 Å². The van der Waals surface area contributed by atoms with Crippen LogP contribution in [0.2, 0.25) is 0 Å². The molecular formula is C23H39O6P. The standard InChI is InChI=1S/C23H36O5.H3OP/c1-8-9-13-28-22(25)17(14-16(2)15-23(3,4)5)21(24)20-18(26-6)11-10-12-19(20)27-7;1-2/h10-12,16-17H,8-9,13-15H2,1-7H3;2H3. The summed E-state index contributed by atoms with van der Waals surface area (Å²) in [6.45, 7) is 10.9. The fourth-order valence-corrected chi connectivity index (χ4v) is 3.53. The van der Waals surface area contributed by atoms with Gasteiger partial charge in [0.1, 0.15) is 23.0 Å². The molecule has 0 N–H and O–H groups in total. The first-order chi connectivity index (χ1) is 14.1. The maximum atomic E-state index is 13.4. The third kappa shape index (κ3) is 9.34. The predicted molar refractivity (Wildman–Crippen MR) is 123 cm³/mol. The van der Waals surface area contributed by atoms with Crippen molar-refractivity contribution >= 4 is 20.9 Å². The molecule has 0 saturated heterocycles. The quantitative estimate of drug-likeness (QED) is 0.153. The number of carbonyl (C=O) groups excluding carboxylic acids is 2. The van der Waals surface area contributed by atoms with E-state index < -0.39 is 11.9 Å². The normalized spacial score (nSPS) is 12.9. The summed E-state index contributed by atoms with van der Waals surface area (Å²) >= 11 is 0. The number of ether oxygens (including phenoxy) is 3. The van der Waals surface area contributed by atoms with Crippen LogP contribution in [0.25, 0.3) is 0 Å². The van der Waals surface area contributed by atoms with E-state index in [2.05, 4.69) is 27.7 Å². The van der Waals surface area contributed by atoms with Crippen molar-refractivity contribution in [2.24, 2.45) is 17.3 Å². The van der Waals surface area contributed by atoms with E-state index in [0.29, 0.717) is 39.2 Å². The van der Waals surface area contributed by atoms with Crippen LogP contribution in [-0.4, -0.2) is 32.6 Å². The molecule has 3 atom stereocenters. The zero-order valence-corrected chi connectivity index (χ0v) is 21.0. The van der Waals surface area contributed by atoms with E-state index in [0.717, 1.165) is 19.3 Å². The number of hydrogen-bond donors (Lipinski definition) is 0. The van der Waals surface area contributed by atoms with Crippen molar-refractivity contribution in [3.8, 4) is 11.5 Å². The van der Waals surface area contributed by atoms with E-state index in [9.17, 15) is 9.59 Å². The molecule has 6 nitrogen and oxygen atoms in total. The average molecular weight is 443 g/mol. The van der Waals surface area contributed by atoms with Crippen molar-refractivity contribution in [3.63, 3.8) is 0 Å². The van der Waals surface area contributed by atoms with E-state index in [1.54, 1.807) is 18.2 Å². The lowest BCUT2D eigenvalue weighted by Gasteiger charge is -2.26. The average Bonchev–Trinajstić information content (AvgIpc) is 2.71. The summed E-state index contributed by atoms with van der Waals surface area (Å²) in [6, 6.07) is 5.16. The van der Waals surface area contributed by atoms with Gasteiger partial charge in [0.2, 0.25) is 0 Å². The summed E-state index contributed by atoms with van der Waals surface area (Å²) in [6.07, 6.45) is 3.04. The van der Waals surface area contributed by atoms with Crippen molar-refractivity contribution < 1.29 is 28.4 Å². The first kappa shape index (κ1) is 28.2. The lowest BCUT2D eigenvalue weighted by molar-refractivity contribution is -0.147. The van der Waals surface area contributed by atoms with Gasteiger partial charge in [-0.2, -0.15) is 0 Å². The summed E-state index contributed by atoms with van der Waals surface area (Å²) in [5.41, 5.74) is 0.411. The van der Waals surface area contributed by atoms with Crippen LogP contribution < -0.4 is 9.47 Å². The highest BCUT2D eigenvalue weighted by Gasteiger charge is 2.35. The second kappa shape index (κ2) is 14.2. The molecule has 0 spiro atoms. The number of esters is 1. The first-order valence-corrected chi connectivity index (χ1v) is 10.9. The second-order valence-corrected chi connectivity index (χ2v) is 8.58. The molecule has 1 rings (SSSR count). The highest BCUT2D eigenvalue weighted by Crippen LogP contribution is 2.34. The minimum absolute atomic E-state index is 0.112. The Bertz CT molecular complexity index is 646. The predicted octanol–water partition coefficient (Wildman–Crippen LogP) is 5.25. The molecule has 7 heteroatoms. The lowest BCUT2D eigenvalue weighted by Crippen LogP contribution is -2.30. The van der Waals surface area contributed by atoms with Gasteiger partial charge in [-0.15, -0.1) is 0 Å². The van der Waals surface area contributed by atoms with Gasteiger partial charge in [-0.1, -0.05) is 47.1 Å². The summed E-state index contributed by atoms with van der Waals surface area (Å²) in [5, 5.41) is 0. The van der Waals surface area contributed by atoms with Crippen LogP contribution in [0.1, 0.15) is 70.7 Å². The molecule has 0 aromatic heterocycles. The number of methoxy groups -OCH3 is 2. The molecule has 0 radical (unpaired) electrons. The molecule has 0 saturated carbocycles. The summed E-state index contributed by atoms with van der Waals surface area (Å²) < 4.78 is 24.4. The molecule has 0 amide bonds. The van der Waals surface area contributed by atoms with Crippen LogP contribution >= 0.6 is 9.12 Å². The highest BCUT2D eigenvalue weighted by atomic mass is 31.0. The Morgan fingerprint density at radius 2 is 1.60 bits per heavy atom. The van der Waals surface area contributed by atoms with Crippen LogP contribution in [0.15, 0.2) is 18.2 Å². The van der Waals surface area contributed by atoms with E-state index in [4.69, 9.17) is 18.8 Å². The summed E-state index contributed by atoms with van der Waals surface area (Å²) in [5.74, 6) is -0.658. The molecule has 0 bridgehead atoms. The van der Waals surface area contributed by atoms with E-state index in [1.807, 2.05) is 6.92 Å². The van der Waals surface area contributed by atoms with Gasteiger partial charge in [-0.3, -0.25) is 9.59 Å². The van der Waals surface area contributed by atoms with Gasteiger partial charge in [0, 0.05) is 0 Å². The Morgan fingerprint density at radius 1 is 1.07 bits per heavy atom. The van der Waals surface area contributed by atoms with Crippen LogP contribution in [-0.2, 0) is 14.1 Å². The molecule has 0 aliphatic carbocycles. The zero-order chi connectivity index (χ0) is 23.3. The number of carbonyl (C=O) groups is 2. The van der Waals surface area contributed by atoms with Crippen molar-refractivity contribution in [3.05, 3.63) is 23.8 Å². The Hall–Kier alpha value is -1.81. The molecular weight excluding hydrogens is 403 g/mol. The van der Waals surface area contributed by atoms with Crippen LogP contribution in [0.5, 0.6) is 11.5 Å². The van der Waals surface area contributed by atoms with Gasteiger partial charge in [-0.05, 0) is 42.7 Å². The van der Waals surface area contributed by atoms with Crippen molar-refractivity contribution in [1.82, 2.24) is 0 Å².